The molecule has 0 aliphatic carbocycles. The molecule has 2 rings (SSSR count). The number of rotatable bonds is 7. The number of hydrogen-bond acceptors (Lipinski definition) is 2. The Morgan fingerprint density at radius 1 is 1.05 bits per heavy atom. The molecule has 0 saturated heterocycles. The maximum Gasteiger partial charge on any atom is 0.251 e. The monoisotopic (exact) mass is 297 g/mol. The summed E-state index contributed by atoms with van der Waals surface area (Å²) in [5, 5.41) is 12.8. The van der Waals surface area contributed by atoms with Crippen molar-refractivity contribution in [2.24, 2.45) is 0 Å². The number of aryl methyl sites for hydroxylation is 1. The fraction of sp³-hybridized carbons (Fsp3) is 0.316. The normalized spacial score (nSPS) is 11.9. The van der Waals surface area contributed by atoms with Gasteiger partial charge in [0.1, 0.15) is 0 Å². The van der Waals surface area contributed by atoms with Crippen molar-refractivity contribution < 1.29 is 9.90 Å². The second-order valence-electron chi connectivity index (χ2n) is 5.50. The maximum atomic E-state index is 12.0. The van der Waals surface area contributed by atoms with Crippen LogP contribution in [0.3, 0.4) is 0 Å². The third kappa shape index (κ3) is 5.01. The molecule has 1 amide bonds. The summed E-state index contributed by atoms with van der Waals surface area (Å²) in [5.41, 5.74) is 2.93. The Balaban J connectivity index is 1.81. The van der Waals surface area contributed by atoms with Crippen molar-refractivity contribution in [1.29, 1.82) is 0 Å². The molecule has 2 aromatic carbocycles. The van der Waals surface area contributed by atoms with Crippen LogP contribution < -0.4 is 5.32 Å². The first-order chi connectivity index (χ1) is 10.7. The van der Waals surface area contributed by atoms with E-state index in [1.54, 1.807) is 0 Å². The smallest absolute Gasteiger partial charge is 0.251 e. The molecule has 0 bridgehead atoms. The van der Waals surface area contributed by atoms with Gasteiger partial charge < -0.3 is 10.4 Å². The zero-order valence-electron chi connectivity index (χ0n) is 13.0. The van der Waals surface area contributed by atoms with Crippen molar-refractivity contribution in [3.63, 3.8) is 0 Å². The van der Waals surface area contributed by atoms with Crippen LogP contribution >= 0.6 is 0 Å². The molecule has 0 aliphatic heterocycles. The van der Waals surface area contributed by atoms with Crippen molar-refractivity contribution in [2.45, 2.75) is 32.3 Å². The molecule has 0 spiro atoms. The van der Waals surface area contributed by atoms with Gasteiger partial charge in [-0.2, -0.15) is 0 Å². The number of aliphatic hydroxyl groups is 1. The fourth-order valence-electron chi connectivity index (χ4n) is 2.38. The van der Waals surface area contributed by atoms with Crippen molar-refractivity contribution in [2.75, 3.05) is 6.54 Å². The van der Waals surface area contributed by atoms with Crippen LogP contribution in [0.1, 0.15) is 34.8 Å². The highest BCUT2D eigenvalue weighted by atomic mass is 16.3. The van der Waals surface area contributed by atoms with E-state index in [4.69, 9.17) is 0 Å². The summed E-state index contributed by atoms with van der Waals surface area (Å²) in [4.78, 5) is 12.0. The molecular weight excluding hydrogens is 274 g/mol. The standard InChI is InChI=1S/C19H23NO2/c1-2-6-15-9-11-17(12-10-15)19(22)20-14-18(21)13-16-7-4-3-5-8-16/h3-5,7-12,18,21H,2,6,13-14H2,1H3,(H,20,22). The third-order valence-corrected chi connectivity index (χ3v) is 3.57. The quantitative estimate of drug-likeness (QED) is 0.825. The molecule has 1 atom stereocenters. The lowest BCUT2D eigenvalue weighted by molar-refractivity contribution is 0.0916. The lowest BCUT2D eigenvalue weighted by Gasteiger charge is -2.12. The first kappa shape index (κ1) is 16.2. The average Bonchev–Trinajstić information content (AvgIpc) is 2.54. The molecule has 0 heterocycles. The highest BCUT2D eigenvalue weighted by molar-refractivity contribution is 5.94. The minimum absolute atomic E-state index is 0.143. The fourth-order valence-corrected chi connectivity index (χ4v) is 2.38. The van der Waals surface area contributed by atoms with Crippen LogP contribution in [-0.2, 0) is 12.8 Å². The molecule has 3 heteroatoms. The maximum absolute atomic E-state index is 12.0. The summed E-state index contributed by atoms with van der Waals surface area (Å²) in [6, 6.07) is 17.4. The van der Waals surface area contributed by atoms with E-state index in [9.17, 15) is 9.90 Å². The number of amides is 1. The second kappa shape index (κ2) is 8.35. The van der Waals surface area contributed by atoms with Crippen LogP contribution in [0, 0.1) is 0 Å². The van der Waals surface area contributed by atoms with E-state index < -0.39 is 6.10 Å². The van der Waals surface area contributed by atoms with Crippen LogP contribution in [0.15, 0.2) is 54.6 Å². The SMILES string of the molecule is CCCc1ccc(C(=O)NCC(O)Cc2ccccc2)cc1. The van der Waals surface area contributed by atoms with E-state index in [1.807, 2.05) is 54.6 Å². The summed E-state index contributed by atoms with van der Waals surface area (Å²) in [7, 11) is 0. The van der Waals surface area contributed by atoms with Gasteiger partial charge in [0.2, 0.25) is 0 Å². The van der Waals surface area contributed by atoms with Crippen molar-refractivity contribution >= 4 is 5.91 Å². The molecule has 3 nitrogen and oxygen atoms in total. The minimum Gasteiger partial charge on any atom is -0.391 e. The van der Waals surface area contributed by atoms with Gasteiger partial charge in [0, 0.05) is 18.5 Å². The van der Waals surface area contributed by atoms with Gasteiger partial charge in [-0.25, -0.2) is 0 Å². The van der Waals surface area contributed by atoms with Gasteiger partial charge in [-0.3, -0.25) is 4.79 Å². The average molecular weight is 297 g/mol. The van der Waals surface area contributed by atoms with E-state index in [2.05, 4.69) is 12.2 Å². The summed E-state index contributed by atoms with van der Waals surface area (Å²) in [5.74, 6) is -0.143. The molecule has 0 saturated carbocycles. The largest absolute Gasteiger partial charge is 0.391 e. The van der Waals surface area contributed by atoms with E-state index in [1.165, 1.54) is 5.56 Å². The molecule has 0 aliphatic rings. The third-order valence-electron chi connectivity index (χ3n) is 3.57. The molecule has 2 aromatic rings. The van der Waals surface area contributed by atoms with Gasteiger partial charge in [-0.1, -0.05) is 55.8 Å². The Labute approximate surface area is 132 Å². The van der Waals surface area contributed by atoms with E-state index in [0.717, 1.165) is 18.4 Å². The number of hydrogen-bond donors (Lipinski definition) is 2. The van der Waals surface area contributed by atoms with Crippen LogP contribution in [0.4, 0.5) is 0 Å². The molecule has 1 unspecified atom stereocenters. The van der Waals surface area contributed by atoms with Gasteiger partial charge in [-0.05, 0) is 29.7 Å². The van der Waals surface area contributed by atoms with Crippen LogP contribution in [0.5, 0.6) is 0 Å². The summed E-state index contributed by atoms with van der Waals surface area (Å²) >= 11 is 0. The summed E-state index contributed by atoms with van der Waals surface area (Å²) < 4.78 is 0. The first-order valence-electron chi connectivity index (χ1n) is 7.78. The van der Waals surface area contributed by atoms with Gasteiger partial charge >= 0.3 is 0 Å². The molecule has 0 aromatic heterocycles. The number of carbonyl (C=O) groups is 1. The second-order valence-corrected chi connectivity index (χ2v) is 5.50. The van der Waals surface area contributed by atoms with E-state index in [0.29, 0.717) is 12.0 Å². The van der Waals surface area contributed by atoms with Gasteiger partial charge in [0.05, 0.1) is 6.10 Å². The predicted octanol–water partition coefficient (Wildman–Crippen LogP) is 2.97. The molecular formula is C19H23NO2. The lowest BCUT2D eigenvalue weighted by Crippen LogP contribution is -2.33. The summed E-state index contributed by atoms with van der Waals surface area (Å²) in [6.45, 7) is 2.39. The molecule has 0 radical (unpaired) electrons. The van der Waals surface area contributed by atoms with Crippen LogP contribution in [0.2, 0.25) is 0 Å². The number of aliphatic hydroxyl groups excluding tert-OH is 1. The highest BCUT2D eigenvalue weighted by Gasteiger charge is 2.09. The van der Waals surface area contributed by atoms with Crippen molar-refractivity contribution in [3.05, 3.63) is 71.3 Å². The van der Waals surface area contributed by atoms with Gasteiger partial charge in [-0.15, -0.1) is 0 Å². The number of benzene rings is 2. The minimum atomic E-state index is -0.578. The number of nitrogens with one attached hydrogen (secondary N) is 1. The zero-order chi connectivity index (χ0) is 15.8. The Bertz CT molecular complexity index is 578. The lowest BCUT2D eigenvalue weighted by atomic mass is 10.1. The first-order valence-corrected chi connectivity index (χ1v) is 7.78. The number of carbonyl (C=O) groups excluding carboxylic acids is 1. The van der Waals surface area contributed by atoms with Crippen LogP contribution in [-0.4, -0.2) is 23.7 Å². The van der Waals surface area contributed by atoms with Gasteiger partial charge in [0.15, 0.2) is 0 Å². The molecule has 116 valence electrons. The van der Waals surface area contributed by atoms with Crippen LogP contribution in [0.25, 0.3) is 0 Å². The molecule has 0 fully saturated rings. The highest BCUT2D eigenvalue weighted by Crippen LogP contribution is 2.07. The molecule has 22 heavy (non-hydrogen) atoms. The van der Waals surface area contributed by atoms with Crippen molar-refractivity contribution in [3.8, 4) is 0 Å². The molecule has 2 N–H and O–H groups in total. The summed E-state index contributed by atoms with van der Waals surface area (Å²) in [6.07, 6.45) is 2.08. The Morgan fingerprint density at radius 2 is 1.73 bits per heavy atom. The predicted molar refractivity (Wildman–Crippen MR) is 88.9 cm³/mol. The van der Waals surface area contributed by atoms with E-state index in [-0.39, 0.29) is 12.5 Å². The Kier molecular flexibility index (Phi) is 6.16. The van der Waals surface area contributed by atoms with Crippen molar-refractivity contribution in [1.82, 2.24) is 5.32 Å². The topological polar surface area (TPSA) is 49.3 Å². The van der Waals surface area contributed by atoms with Gasteiger partial charge in [0.25, 0.3) is 5.91 Å². The van der Waals surface area contributed by atoms with E-state index >= 15 is 0 Å². The zero-order valence-corrected chi connectivity index (χ0v) is 13.0. The Hall–Kier alpha value is -2.13. The Morgan fingerprint density at radius 3 is 2.36 bits per heavy atom.